The number of fused-ring (bicyclic) bond motifs is 1. The average Bonchev–Trinajstić information content (AvgIpc) is 3.40. The third-order valence-electron chi connectivity index (χ3n) is 5.22. The summed E-state index contributed by atoms with van der Waals surface area (Å²) in [4.78, 5) is 18.9. The molecule has 0 radical (unpaired) electrons. The molecule has 1 fully saturated rings. The molecule has 1 aromatic heterocycles. The molecule has 29 heavy (non-hydrogen) atoms. The zero-order chi connectivity index (χ0) is 21.0. The first kappa shape index (κ1) is 19.7. The smallest absolute Gasteiger partial charge is 0.354 e. The van der Waals surface area contributed by atoms with Gasteiger partial charge in [-0.05, 0) is 56.2 Å². The lowest BCUT2D eigenvalue weighted by atomic mass is 10.2. The SMILES string of the molecule is CN(C)c1nc(=O)n(-c2cccc(NS(=O)(=O)C3(C)CC3)c2)c2cc(Cl)ccc12. The van der Waals surface area contributed by atoms with E-state index < -0.39 is 20.5 Å². The number of rotatable bonds is 5. The number of halogens is 1. The molecule has 1 aliphatic carbocycles. The molecule has 1 heterocycles. The second kappa shape index (κ2) is 6.74. The van der Waals surface area contributed by atoms with Crippen molar-refractivity contribution >= 4 is 44.0 Å². The third kappa shape index (κ3) is 3.47. The van der Waals surface area contributed by atoms with Crippen molar-refractivity contribution in [3.8, 4) is 5.69 Å². The number of nitrogens with one attached hydrogen (secondary N) is 1. The predicted molar refractivity (Wildman–Crippen MR) is 117 cm³/mol. The van der Waals surface area contributed by atoms with E-state index in [0.717, 1.165) is 5.39 Å². The van der Waals surface area contributed by atoms with Crippen molar-refractivity contribution in [2.45, 2.75) is 24.5 Å². The molecule has 0 atom stereocenters. The molecule has 1 N–H and O–H groups in total. The number of nitrogens with zero attached hydrogens (tertiary/aromatic N) is 3. The number of aromatic nitrogens is 2. The largest absolute Gasteiger partial charge is 0.362 e. The highest BCUT2D eigenvalue weighted by Gasteiger charge is 2.50. The Morgan fingerprint density at radius 1 is 1.17 bits per heavy atom. The maximum absolute atomic E-state index is 12.9. The first-order valence-electron chi connectivity index (χ1n) is 9.14. The normalized spacial score (nSPS) is 15.3. The molecule has 0 spiro atoms. The summed E-state index contributed by atoms with van der Waals surface area (Å²) in [5.74, 6) is 0.538. The summed E-state index contributed by atoms with van der Waals surface area (Å²) in [6.45, 7) is 1.73. The van der Waals surface area contributed by atoms with Gasteiger partial charge in [-0.15, -0.1) is 0 Å². The Hall–Kier alpha value is -2.58. The molecule has 3 aromatic rings. The van der Waals surface area contributed by atoms with Crippen LogP contribution >= 0.6 is 11.6 Å². The van der Waals surface area contributed by atoms with E-state index in [4.69, 9.17) is 11.6 Å². The van der Waals surface area contributed by atoms with Gasteiger partial charge in [0.1, 0.15) is 5.82 Å². The molecule has 0 unspecified atom stereocenters. The van der Waals surface area contributed by atoms with Gasteiger partial charge in [-0.3, -0.25) is 9.29 Å². The fourth-order valence-electron chi connectivity index (χ4n) is 3.20. The number of anilines is 2. The van der Waals surface area contributed by atoms with Gasteiger partial charge in [0.05, 0.1) is 21.6 Å². The summed E-state index contributed by atoms with van der Waals surface area (Å²) in [5.41, 5.74) is 1.02. The summed E-state index contributed by atoms with van der Waals surface area (Å²) in [7, 11) is 0.130. The molecule has 0 bridgehead atoms. The highest BCUT2D eigenvalue weighted by molar-refractivity contribution is 7.94. The highest BCUT2D eigenvalue weighted by Crippen LogP contribution is 2.43. The molecule has 7 nitrogen and oxygen atoms in total. The Morgan fingerprint density at radius 2 is 1.90 bits per heavy atom. The first-order valence-corrected chi connectivity index (χ1v) is 11.0. The van der Waals surface area contributed by atoms with Gasteiger partial charge in [0.2, 0.25) is 10.0 Å². The summed E-state index contributed by atoms with van der Waals surface area (Å²) >= 11 is 6.20. The Kier molecular flexibility index (Phi) is 4.59. The van der Waals surface area contributed by atoms with Crippen LogP contribution in [0, 0.1) is 0 Å². The van der Waals surface area contributed by atoms with Crippen LogP contribution in [0.25, 0.3) is 16.6 Å². The van der Waals surface area contributed by atoms with Crippen LogP contribution in [0.3, 0.4) is 0 Å². The van der Waals surface area contributed by atoms with Crippen LogP contribution < -0.4 is 15.3 Å². The van der Waals surface area contributed by atoms with Gasteiger partial charge in [-0.25, -0.2) is 13.2 Å². The quantitative estimate of drug-likeness (QED) is 0.668. The van der Waals surface area contributed by atoms with E-state index in [2.05, 4.69) is 9.71 Å². The summed E-state index contributed by atoms with van der Waals surface area (Å²) in [5, 5.41) is 1.25. The van der Waals surface area contributed by atoms with E-state index in [1.165, 1.54) is 4.57 Å². The van der Waals surface area contributed by atoms with E-state index >= 15 is 0 Å². The molecule has 0 saturated heterocycles. The number of hydrogen-bond donors (Lipinski definition) is 1. The maximum atomic E-state index is 12.9. The molecule has 4 rings (SSSR count). The monoisotopic (exact) mass is 432 g/mol. The van der Waals surface area contributed by atoms with Gasteiger partial charge in [0.15, 0.2) is 0 Å². The summed E-state index contributed by atoms with van der Waals surface area (Å²) < 4.78 is 28.5. The van der Waals surface area contributed by atoms with E-state index in [-0.39, 0.29) is 0 Å². The van der Waals surface area contributed by atoms with E-state index in [9.17, 15) is 13.2 Å². The van der Waals surface area contributed by atoms with Crippen molar-refractivity contribution in [2.24, 2.45) is 0 Å². The topological polar surface area (TPSA) is 84.3 Å². The third-order valence-corrected chi connectivity index (χ3v) is 7.66. The van der Waals surface area contributed by atoms with Crippen molar-refractivity contribution < 1.29 is 8.42 Å². The van der Waals surface area contributed by atoms with Crippen LogP contribution in [0.2, 0.25) is 5.02 Å². The lowest BCUT2D eigenvalue weighted by Crippen LogP contribution is -2.27. The van der Waals surface area contributed by atoms with E-state index in [1.807, 2.05) is 20.2 Å². The zero-order valence-electron chi connectivity index (χ0n) is 16.3. The standard InChI is InChI=1S/C20H21ClN4O3S/c1-20(9-10-20)29(27,28)23-14-5-4-6-15(12-14)25-17-11-13(21)7-8-16(17)18(24(2)3)22-19(25)26/h4-8,11-12,23H,9-10H2,1-3H3. The molecular formula is C20H21ClN4O3S. The Labute approximate surface area is 174 Å². The fourth-order valence-corrected chi connectivity index (χ4v) is 4.69. The molecule has 0 aliphatic heterocycles. The van der Waals surface area contributed by atoms with Crippen molar-refractivity contribution in [1.82, 2.24) is 9.55 Å². The minimum atomic E-state index is -3.50. The van der Waals surface area contributed by atoms with Crippen molar-refractivity contribution in [3.63, 3.8) is 0 Å². The highest BCUT2D eigenvalue weighted by atomic mass is 35.5. The van der Waals surface area contributed by atoms with Crippen molar-refractivity contribution in [2.75, 3.05) is 23.7 Å². The summed E-state index contributed by atoms with van der Waals surface area (Å²) in [6, 6.07) is 12.0. The Bertz CT molecular complexity index is 1280. The summed E-state index contributed by atoms with van der Waals surface area (Å²) in [6.07, 6.45) is 1.28. The second-order valence-corrected chi connectivity index (χ2v) is 10.3. The van der Waals surface area contributed by atoms with Crippen LogP contribution in [-0.4, -0.2) is 36.8 Å². The van der Waals surface area contributed by atoms with Gasteiger partial charge in [0, 0.05) is 24.5 Å². The van der Waals surface area contributed by atoms with Crippen molar-refractivity contribution in [3.05, 3.63) is 58.0 Å². The zero-order valence-corrected chi connectivity index (χ0v) is 17.9. The first-order chi connectivity index (χ1) is 13.6. The van der Waals surface area contributed by atoms with Gasteiger partial charge in [-0.2, -0.15) is 4.98 Å². The van der Waals surface area contributed by atoms with E-state index in [1.54, 1.807) is 48.2 Å². The van der Waals surface area contributed by atoms with Crippen LogP contribution in [0.1, 0.15) is 19.8 Å². The van der Waals surface area contributed by atoms with Gasteiger partial charge < -0.3 is 4.90 Å². The molecule has 1 aliphatic rings. The van der Waals surface area contributed by atoms with Gasteiger partial charge >= 0.3 is 5.69 Å². The Balaban J connectivity index is 1.88. The molecule has 9 heteroatoms. The molecule has 1 saturated carbocycles. The molecule has 0 amide bonds. The predicted octanol–water partition coefficient (Wildman–Crippen LogP) is 3.40. The minimum Gasteiger partial charge on any atom is -0.362 e. The average molecular weight is 433 g/mol. The van der Waals surface area contributed by atoms with Crippen LogP contribution in [0.5, 0.6) is 0 Å². The molecular weight excluding hydrogens is 412 g/mol. The molecule has 152 valence electrons. The number of sulfonamides is 1. The Morgan fingerprint density at radius 3 is 2.55 bits per heavy atom. The van der Waals surface area contributed by atoms with Gasteiger partial charge in [0.25, 0.3) is 0 Å². The van der Waals surface area contributed by atoms with Crippen LogP contribution in [0.4, 0.5) is 11.5 Å². The van der Waals surface area contributed by atoms with Crippen LogP contribution in [-0.2, 0) is 10.0 Å². The van der Waals surface area contributed by atoms with Crippen LogP contribution in [0.15, 0.2) is 47.3 Å². The molecule has 2 aromatic carbocycles. The maximum Gasteiger partial charge on any atom is 0.354 e. The number of benzene rings is 2. The van der Waals surface area contributed by atoms with Gasteiger partial charge in [-0.1, -0.05) is 17.7 Å². The minimum absolute atomic E-state index is 0.398. The van der Waals surface area contributed by atoms with Crippen molar-refractivity contribution in [1.29, 1.82) is 0 Å². The second-order valence-electron chi connectivity index (χ2n) is 7.72. The lowest BCUT2D eigenvalue weighted by molar-refractivity contribution is 0.587. The fraction of sp³-hybridized carbons (Fsp3) is 0.300. The number of hydrogen-bond acceptors (Lipinski definition) is 5. The van der Waals surface area contributed by atoms with E-state index in [0.29, 0.717) is 40.6 Å². The lowest BCUT2D eigenvalue weighted by Gasteiger charge is -2.18.